The van der Waals surface area contributed by atoms with Gasteiger partial charge >= 0.3 is 0 Å². The number of hydrogen-bond acceptors (Lipinski definition) is 4. The van der Waals surface area contributed by atoms with Crippen LogP contribution < -0.4 is 5.73 Å². The van der Waals surface area contributed by atoms with Crippen molar-refractivity contribution < 1.29 is 9.21 Å². The smallest absolute Gasteiger partial charge is 0.240 e. The topological polar surface area (TPSA) is 88.2 Å². The molecule has 0 aromatic carbocycles. The number of amides is 1. The first kappa shape index (κ1) is 15.3. The Hall–Kier alpha value is -2.08. The van der Waals surface area contributed by atoms with E-state index in [1.165, 1.54) is 0 Å². The molecule has 0 bridgehead atoms. The molecule has 0 saturated heterocycles. The molecule has 6 heteroatoms. The van der Waals surface area contributed by atoms with Crippen LogP contribution in [0.3, 0.4) is 0 Å². The van der Waals surface area contributed by atoms with Crippen molar-refractivity contribution in [1.29, 1.82) is 0 Å². The first-order chi connectivity index (χ1) is 10.2. The fourth-order valence-electron chi connectivity index (χ4n) is 2.16. The lowest BCUT2D eigenvalue weighted by Crippen LogP contribution is -2.45. The lowest BCUT2D eigenvalue weighted by molar-refractivity contribution is -0.133. The van der Waals surface area contributed by atoms with Gasteiger partial charge in [0.15, 0.2) is 0 Å². The van der Waals surface area contributed by atoms with Crippen molar-refractivity contribution in [2.24, 2.45) is 5.73 Å². The largest absolute Gasteiger partial charge is 0.467 e. The molecular weight excluding hydrogens is 268 g/mol. The molecule has 2 aromatic rings. The Labute approximate surface area is 124 Å². The van der Waals surface area contributed by atoms with Crippen LogP contribution in [-0.4, -0.2) is 33.4 Å². The van der Waals surface area contributed by atoms with Crippen LogP contribution in [-0.2, 0) is 17.8 Å². The average Bonchev–Trinajstić information content (AvgIpc) is 3.16. The van der Waals surface area contributed by atoms with Crippen molar-refractivity contribution in [1.82, 2.24) is 14.9 Å². The van der Waals surface area contributed by atoms with E-state index in [1.54, 1.807) is 23.7 Å². The summed E-state index contributed by atoms with van der Waals surface area (Å²) in [4.78, 5) is 21.2. The molecule has 0 radical (unpaired) electrons. The van der Waals surface area contributed by atoms with Gasteiger partial charge < -0.3 is 20.0 Å². The average molecular weight is 290 g/mol. The fraction of sp³-hybridized carbons (Fsp3) is 0.467. The number of nitrogens with zero attached hydrogens (tertiary/aromatic N) is 2. The first-order valence-electron chi connectivity index (χ1n) is 7.24. The third-order valence-electron chi connectivity index (χ3n) is 3.33. The second kappa shape index (κ2) is 7.64. The molecule has 0 spiro atoms. The Morgan fingerprint density at radius 3 is 3.05 bits per heavy atom. The summed E-state index contributed by atoms with van der Waals surface area (Å²) in [7, 11) is 0. The Kier molecular flexibility index (Phi) is 5.57. The number of aromatic nitrogens is 2. The van der Waals surface area contributed by atoms with E-state index in [0.717, 1.165) is 24.3 Å². The van der Waals surface area contributed by atoms with Gasteiger partial charge in [0.25, 0.3) is 0 Å². The molecule has 0 aliphatic heterocycles. The summed E-state index contributed by atoms with van der Waals surface area (Å²) < 4.78 is 5.33. The van der Waals surface area contributed by atoms with Crippen molar-refractivity contribution in [2.75, 3.05) is 6.54 Å². The van der Waals surface area contributed by atoms with E-state index in [4.69, 9.17) is 10.2 Å². The summed E-state index contributed by atoms with van der Waals surface area (Å²) in [5, 5.41) is 0. The van der Waals surface area contributed by atoms with E-state index in [1.807, 2.05) is 12.1 Å². The highest BCUT2D eigenvalue weighted by Crippen LogP contribution is 2.09. The highest BCUT2D eigenvalue weighted by atomic mass is 16.3. The minimum Gasteiger partial charge on any atom is -0.467 e. The van der Waals surface area contributed by atoms with Gasteiger partial charge in [-0.3, -0.25) is 4.79 Å². The molecule has 1 amide bonds. The number of unbranched alkanes of at least 4 members (excludes halogenated alkanes) is 1. The van der Waals surface area contributed by atoms with Crippen LogP contribution in [0.1, 0.15) is 31.2 Å². The van der Waals surface area contributed by atoms with E-state index < -0.39 is 6.04 Å². The maximum Gasteiger partial charge on any atom is 0.240 e. The number of carbonyl (C=O) groups excluding carboxylic acids is 1. The van der Waals surface area contributed by atoms with Crippen molar-refractivity contribution in [2.45, 2.75) is 38.8 Å². The lowest BCUT2D eigenvalue weighted by atomic mass is 10.1. The Morgan fingerprint density at radius 2 is 2.43 bits per heavy atom. The summed E-state index contributed by atoms with van der Waals surface area (Å²) in [5.41, 5.74) is 6.91. The molecule has 2 rings (SSSR count). The zero-order valence-electron chi connectivity index (χ0n) is 12.3. The van der Waals surface area contributed by atoms with Gasteiger partial charge in [0, 0.05) is 24.9 Å². The molecule has 6 nitrogen and oxygen atoms in total. The molecule has 2 aromatic heterocycles. The molecule has 0 saturated carbocycles. The third kappa shape index (κ3) is 4.46. The number of furan rings is 1. The Balaban J connectivity index is 1.98. The quantitative estimate of drug-likeness (QED) is 0.774. The van der Waals surface area contributed by atoms with Gasteiger partial charge in [0.2, 0.25) is 5.91 Å². The van der Waals surface area contributed by atoms with Gasteiger partial charge in [0.1, 0.15) is 5.76 Å². The van der Waals surface area contributed by atoms with E-state index in [0.29, 0.717) is 19.5 Å². The summed E-state index contributed by atoms with van der Waals surface area (Å²) in [6.07, 6.45) is 7.32. The molecule has 1 atom stereocenters. The molecule has 0 fully saturated rings. The molecule has 0 aliphatic rings. The van der Waals surface area contributed by atoms with Gasteiger partial charge in [-0.05, 0) is 18.6 Å². The van der Waals surface area contributed by atoms with Gasteiger partial charge in [0.05, 0.1) is 25.2 Å². The summed E-state index contributed by atoms with van der Waals surface area (Å²) >= 11 is 0. The SMILES string of the molecule is CCCCN(Cc1ccco1)C(=O)[C@@H](N)Cc1cnc[nH]1. The van der Waals surface area contributed by atoms with Crippen LogP contribution in [0.15, 0.2) is 35.3 Å². The van der Waals surface area contributed by atoms with E-state index in [9.17, 15) is 4.79 Å². The van der Waals surface area contributed by atoms with Crippen molar-refractivity contribution in [3.63, 3.8) is 0 Å². The molecule has 21 heavy (non-hydrogen) atoms. The highest BCUT2D eigenvalue weighted by molar-refractivity contribution is 5.81. The molecule has 114 valence electrons. The normalized spacial score (nSPS) is 12.3. The number of carbonyl (C=O) groups is 1. The van der Waals surface area contributed by atoms with Crippen LogP contribution in [0.2, 0.25) is 0 Å². The molecule has 0 unspecified atom stereocenters. The van der Waals surface area contributed by atoms with Crippen molar-refractivity contribution >= 4 is 5.91 Å². The molecule has 2 heterocycles. The van der Waals surface area contributed by atoms with Crippen LogP contribution >= 0.6 is 0 Å². The maximum atomic E-state index is 12.5. The van der Waals surface area contributed by atoms with Gasteiger partial charge in [-0.15, -0.1) is 0 Å². The number of nitrogens with one attached hydrogen (secondary N) is 1. The predicted molar refractivity (Wildman–Crippen MR) is 79.3 cm³/mol. The Morgan fingerprint density at radius 1 is 1.57 bits per heavy atom. The second-order valence-corrected chi connectivity index (χ2v) is 5.08. The highest BCUT2D eigenvalue weighted by Gasteiger charge is 2.22. The number of rotatable bonds is 8. The molecule has 0 aliphatic carbocycles. The third-order valence-corrected chi connectivity index (χ3v) is 3.33. The number of hydrogen-bond donors (Lipinski definition) is 2. The van der Waals surface area contributed by atoms with E-state index in [-0.39, 0.29) is 5.91 Å². The van der Waals surface area contributed by atoms with Crippen LogP contribution in [0.5, 0.6) is 0 Å². The summed E-state index contributed by atoms with van der Waals surface area (Å²) in [6, 6.07) is 3.12. The van der Waals surface area contributed by atoms with Gasteiger partial charge in [-0.1, -0.05) is 13.3 Å². The van der Waals surface area contributed by atoms with Gasteiger partial charge in [-0.25, -0.2) is 4.98 Å². The van der Waals surface area contributed by atoms with Crippen molar-refractivity contribution in [3.8, 4) is 0 Å². The lowest BCUT2D eigenvalue weighted by Gasteiger charge is -2.24. The van der Waals surface area contributed by atoms with Crippen LogP contribution in [0, 0.1) is 0 Å². The molecular formula is C15H22N4O2. The van der Waals surface area contributed by atoms with E-state index >= 15 is 0 Å². The summed E-state index contributed by atoms with van der Waals surface area (Å²) in [6.45, 7) is 3.25. The predicted octanol–water partition coefficient (Wildman–Crippen LogP) is 1.70. The van der Waals surface area contributed by atoms with Crippen LogP contribution in [0.4, 0.5) is 0 Å². The number of aromatic amines is 1. The number of imidazole rings is 1. The number of nitrogens with two attached hydrogens (primary N) is 1. The Bertz CT molecular complexity index is 522. The van der Waals surface area contributed by atoms with Crippen molar-refractivity contribution in [3.05, 3.63) is 42.4 Å². The van der Waals surface area contributed by atoms with Crippen LogP contribution in [0.25, 0.3) is 0 Å². The fourth-order valence-corrected chi connectivity index (χ4v) is 2.16. The monoisotopic (exact) mass is 290 g/mol. The molecule has 3 N–H and O–H groups in total. The standard InChI is InChI=1S/C15H22N4O2/c1-2-3-6-19(10-13-5-4-7-21-13)15(20)14(16)8-12-9-17-11-18-12/h4-5,7,9,11,14H,2-3,6,8,10,16H2,1H3,(H,17,18)/t14-/m0/s1. The second-order valence-electron chi connectivity index (χ2n) is 5.08. The maximum absolute atomic E-state index is 12.5. The van der Waals surface area contributed by atoms with E-state index in [2.05, 4.69) is 16.9 Å². The zero-order valence-corrected chi connectivity index (χ0v) is 12.3. The van der Waals surface area contributed by atoms with Gasteiger partial charge in [-0.2, -0.15) is 0 Å². The summed E-state index contributed by atoms with van der Waals surface area (Å²) in [5.74, 6) is 0.711. The zero-order chi connectivity index (χ0) is 15.1. The minimum atomic E-state index is -0.572. The minimum absolute atomic E-state index is 0.0607. The number of H-pyrrole nitrogens is 1. The first-order valence-corrected chi connectivity index (χ1v) is 7.24.